The Kier molecular flexibility index (Phi) is 3.88. The van der Waals surface area contributed by atoms with Crippen LogP contribution in [-0.2, 0) is 9.59 Å². The zero-order valence-corrected chi connectivity index (χ0v) is 11.3. The molecule has 4 heteroatoms. The average Bonchev–Trinajstić information content (AvgIpc) is 2.87. The lowest BCUT2D eigenvalue weighted by molar-refractivity contribution is -0.145. The molecule has 2 rings (SSSR count). The number of carboxylic acids is 1. The Hall–Kier alpha value is -1.84. The molecule has 4 nitrogen and oxygen atoms in total. The lowest BCUT2D eigenvalue weighted by atomic mass is 9.94. The summed E-state index contributed by atoms with van der Waals surface area (Å²) in [5.74, 6) is -1.86. The van der Waals surface area contributed by atoms with E-state index in [1.807, 2.05) is 31.2 Å². The van der Waals surface area contributed by atoms with Gasteiger partial charge in [0.2, 0.25) is 5.91 Å². The van der Waals surface area contributed by atoms with E-state index < -0.39 is 11.9 Å². The summed E-state index contributed by atoms with van der Waals surface area (Å²) in [6.45, 7) is 1.99. The summed E-state index contributed by atoms with van der Waals surface area (Å²) >= 11 is 0. The van der Waals surface area contributed by atoms with Crippen LogP contribution in [0.3, 0.4) is 0 Å². The highest BCUT2D eigenvalue weighted by Crippen LogP contribution is 2.34. The van der Waals surface area contributed by atoms with Gasteiger partial charge in [-0.25, -0.2) is 0 Å². The van der Waals surface area contributed by atoms with Crippen LogP contribution in [0.25, 0.3) is 0 Å². The molecule has 2 unspecified atom stereocenters. The van der Waals surface area contributed by atoms with Crippen molar-refractivity contribution in [3.8, 4) is 0 Å². The largest absolute Gasteiger partial charge is 0.481 e. The van der Waals surface area contributed by atoms with E-state index in [1.54, 1.807) is 11.9 Å². The number of anilines is 1. The first-order valence-electron chi connectivity index (χ1n) is 6.57. The van der Waals surface area contributed by atoms with Crippen molar-refractivity contribution in [1.82, 2.24) is 0 Å². The number of rotatable bonds is 3. The number of nitrogens with zero attached hydrogens (tertiary/aromatic N) is 1. The lowest BCUT2D eigenvalue weighted by Crippen LogP contribution is -2.36. The van der Waals surface area contributed by atoms with E-state index in [0.29, 0.717) is 12.8 Å². The fraction of sp³-hybridized carbons (Fsp3) is 0.467. The molecule has 0 spiro atoms. The second-order valence-corrected chi connectivity index (χ2v) is 5.21. The third-order valence-corrected chi connectivity index (χ3v) is 3.90. The monoisotopic (exact) mass is 261 g/mol. The molecule has 0 aliphatic heterocycles. The normalized spacial score (nSPS) is 22.2. The number of carboxylic acid groups (broad SMARTS) is 1. The van der Waals surface area contributed by atoms with E-state index in [1.165, 1.54) is 0 Å². The second-order valence-electron chi connectivity index (χ2n) is 5.21. The van der Waals surface area contributed by atoms with Crippen LogP contribution in [0.1, 0.15) is 24.8 Å². The molecule has 1 aliphatic rings. The minimum absolute atomic E-state index is 0.0891. The molecule has 0 saturated heterocycles. The Balaban J connectivity index is 2.14. The first kappa shape index (κ1) is 13.6. The highest BCUT2D eigenvalue weighted by molar-refractivity contribution is 5.97. The average molecular weight is 261 g/mol. The van der Waals surface area contributed by atoms with Crippen molar-refractivity contribution in [3.63, 3.8) is 0 Å². The molecule has 102 valence electrons. The molecule has 1 aromatic rings. The van der Waals surface area contributed by atoms with Gasteiger partial charge in [0.1, 0.15) is 0 Å². The van der Waals surface area contributed by atoms with Crippen molar-refractivity contribution < 1.29 is 14.7 Å². The minimum atomic E-state index is -0.854. The van der Waals surface area contributed by atoms with Crippen LogP contribution < -0.4 is 4.90 Å². The summed E-state index contributed by atoms with van der Waals surface area (Å²) in [5, 5.41) is 9.15. The third kappa shape index (κ3) is 2.78. The molecule has 1 aromatic carbocycles. The second kappa shape index (κ2) is 5.43. The molecule has 2 atom stereocenters. The van der Waals surface area contributed by atoms with Gasteiger partial charge in [-0.15, -0.1) is 0 Å². The first-order valence-corrected chi connectivity index (χ1v) is 6.57. The third-order valence-electron chi connectivity index (χ3n) is 3.90. The van der Waals surface area contributed by atoms with Gasteiger partial charge in [0.05, 0.1) is 11.8 Å². The Morgan fingerprint density at radius 1 is 1.16 bits per heavy atom. The summed E-state index contributed by atoms with van der Waals surface area (Å²) in [7, 11) is 1.71. The molecule has 0 aromatic heterocycles. The van der Waals surface area contributed by atoms with Gasteiger partial charge in [0.15, 0.2) is 0 Å². The van der Waals surface area contributed by atoms with Crippen LogP contribution in [0.4, 0.5) is 5.69 Å². The van der Waals surface area contributed by atoms with E-state index in [2.05, 4.69) is 0 Å². The molecule has 1 N–H and O–H groups in total. The van der Waals surface area contributed by atoms with Crippen molar-refractivity contribution in [1.29, 1.82) is 0 Å². The number of carbonyl (C=O) groups excluding carboxylic acids is 1. The molecule has 1 saturated carbocycles. The fourth-order valence-electron chi connectivity index (χ4n) is 2.70. The number of benzene rings is 1. The maximum Gasteiger partial charge on any atom is 0.307 e. The number of aryl methyl sites for hydroxylation is 1. The lowest BCUT2D eigenvalue weighted by Gasteiger charge is -2.23. The van der Waals surface area contributed by atoms with Crippen LogP contribution in [0.2, 0.25) is 0 Å². The van der Waals surface area contributed by atoms with E-state index in [9.17, 15) is 9.59 Å². The summed E-state index contributed by atoms with van der Waals surface area (Å²) in [5.41, 5.74) is 1.94. The van der Waals surface area contributed by atoms with Crippen molar-refractivity contribution >= 4 is 17.6 Å². The predicted molar refractivity (Wildman–Crippen MR) is 73.1 cm³/mol. The van der Waals surface area contributed by atoms with Gasteiger partial charge in [-0.05, 0) is 31.9 Å². The Labute approximate surface area is 113 Å². The number of aliphatic carboxylic acids is 1. The molecular weight excluding hydrogens is 242 g/mol. The summed E-state index contributed by atoms with van der Waals surface area (Å²) in [6.07, 6.45) is 2.09. The molecular formula is C15H19NO3. The van der Waals surface area contributed by atoms with Crippen LogP contribution in [-0.4, -0.2) is 24.0 Å². The maximum atomic E-state index is 12.4. The van der Waals surface area contributed by atoms with E-state index in [4.69, 9.17) is 5.11 Å². The van der Waals surface area contributed by atoms with Crippen molar-refractivity contribution in [2.24, 2.45) is 11.8 Å². The van der Waals surface area contributed by atoms with Gasteiger partial charge < -0.3 is 10.0 Å². The topological polar surface area (TPSA) is 57.6 Å². The number of amides is 1. The summed E-state index contributed by atoms with van der Waals surface area (Å²) < 4.78 is 0. The standard InChI is InChI=1S/C15H19NO3/c1-10-6-8-11(9-7-10)16(2)14(17)12-4-3-5-13(12)15(18)19/h6-9,12-13H,3-5H2,1-2H3,(H,18,19). The van der Waals surface area contributed by atoms with Gasteiger partial charge in [0, 0.05) is 12.7 Å². The van der Waals surface area contributed by atoms with Gasteiger partial charge in [-0.2, -0.15) is 0 Å². The molecule has 0 heterocycles. The van der Waals surface area contributed by atoms with Crippen LogP contribution >= 0.6 is 0 Å². The molecule has 1 fully saturated rings. The van der Waals surface area contributed by atoms with Gasteiger partial charge in [0.25, 0.3) is 0 Å². The van der Waals surface area contributed by atoms with Crippen LogP contribution in [0, 0.1) is 18.8 Å². The Bertz CT molecular complexity index is 481. The molecule has 1 amide bonds. The van der Waals surface area contributed by atoms with Gasteiger partial charge >= 0.3 is 5.97 Å². The minimum Gasteiger partial charge on any atom is -0.481 e. The Morgan fingerprint density at radius 2 is 1.74 bits per heavy atom. The highest BCUT2D eigenvalue weighted by atomic mass is 16.4. The smallest absolute Gasteiger partial charge is 0.307 e. The van der Waals surface area contributed by atoms with E-state index in [-0.39, 0.29) is 11.8 Å². The fourth-order valence-corrected chi connectivity index (χ4v) is 2.70. The Morgan fingerprint density at radius 3 is 2.32 bits per heavy atom. The van der Waals surface area contributed by atoms with E-state index >= 15 is 0 Å². The molecule has 1 aliphatic carbocycles. The quantitative estimate of drug-likeness (QED) is 0.909. The SMILES string of the molecule is Cc1ccc(N(C)C(=O)C2CCCC2C(=O)O)cc1. The van der Waals surface area contributed by atoms with E-state index in [0.717, 1.165) is 17.7 Å². The summed E-state index contributed by atoms with van der Waals surface area (Å²) in [4.78, 5) is 25.1. The summed E-state index contributed by atoms with van der Waals surface area (Å²) in [6, 6.07) is 7.67. The predicted octanol–water partition coefficient (Wildman–Crippen LogP) is 2.46. The first-order chi connectivity index (χ1) is 9.00. The molecule has 0 radical (unpaired) electrons. The molecule has 19 heavy (non-hydrogen) atoms. The zero-order chi connectivity index (χ0) is 14.0. The van der Waals surface area contributed by atoms with Crippen molar-refractivity contribution in [2.75, 3.05) is 11.9 Å². The maximum absolute atomic E-state index is 12.4. The van der Waals surface area contributed by atoms with Crippen LogP contribution in [0.15, 0.2) is 24.3 Å². The zero-order valence-electron chi connectivity index (χ0n) is 11.3. The van der Waals surface area contributed by atoms with Gasteiger partial charge in [-0.1, -0.05) is 24.1 Å². The number of hydrogen-bond donors (Lipinski definition) is 1. The van der Waals surface area contributed by atoms with Crippen molar-refractivity contribution in [2.45, 2.75) is 26.2 Å². The number of hydrogen-bond acceptors (Lipinski definition) is 2. The van der Waals surface area contributed by atoms with Gasteiger partial charge in [-0.3, -0.25) is 9.59 Å². The molecule has 0 bridgehead atoms. The number of carbonyl (C=O) groups is 2. The highest BCUT2D eigenvalue weighted by Gasteiger charge is 2.39. The van der Waals surface area contributed by atoms with Crippen molar-refractivity contribution in [3.05, 3.63) is 29.8 Å². The van der Waals surface area contributed by atoms with Crippen LogP contribution in [0.5, 0.6) is 0 Å².